The number of pyridine rings is 1. The highest BCUT2D eigenvalue weighted by Gasteiger charge is 2.18. The largest absolute Gasteiger partial charge is 0.354 e. The average Bonchev–Trinajstić information content (AvgIpc) is 2.63. The quantitative estimate of drug-likeness (QED) is 0.645. The Bertz CT molecular complexity index is 727. The third-order valence-electron chi connectivity index (χ3n) is 4.06. The summed E-state index contributed by atoms with van der Waals surface area (Å²) < 4.78 is 0. The molecule has 7 heteroatoms. The van der Waals surface area contributed by atoms with E-state index < -0.39 is 0 Å². The fourth-order valence-corrected chi connectivity index (χ4v) is 2.93. The number of piperazine rings is 1. The second-order valence-corrected chi connectivity index (χ2v) is 6.27. The Kier molecular flexibility index (Phi) is 5.57. The number of hydrogen-bond donors (Lipinski definition) is 2. The maximum Gasteiger partial charge on any atom is 0.185 e. The number of nitrogens with zero attached hydrogens (tertiary/aromatic N) is 3. The molecule has 25 heavy (non-hydrogen) atoms. The molecule has 1 aromatic carbocycles. The summed E-state index contributed by atoms with van der Waals surface area (Å²) in [6.45, 7) is 5.03. The van der Waals surface area contributed by atoms with Crippen molar-refractivity contribution >= 4 is 34.6 Å². The third kappa shape index (κ3) is 4.74. The van der Waals surface area contributed by atoms with Crippen LogP contribution in [0.2, 0.25) is 0 Å². The minimum Gasteiger partial charge on any atom is -0.354 e. The summed E-state index contributed by atoms with van der Waals surface area (Å²) in [6, 6.07) is 13.2. The second kappa shape index (κ2) is 8.04. The van der Waals surface area contributed by atoms with E-state index in [1.807, 2.05) is 36.5 Å². The molecular weight excluding hydrogens is 334 g/mol. The number of carbonyl (C=O) groups excluding carboxylic acids is 1. The fraction of sp³-hybridized carbons (Fsp3) is 0.278. The summed E-state index contributed by atoms with van der Waals surface area (Å²) in [7, 11) is 0. The number of hydrazine groups is 1. The molecule has 0 radical (unpaired) electrons. The Balaban J connectivity index is 1.47. The molecule has 1 aromatic heterocycles. The molecule has 1 saturated heterocycles. The van der Waals surface area contributed by atoms with Gasteiger partial charge in [0.15, 0.2) is 10.9 Å². The molecule has 0 aliphatic carbocycles. The first-order valence-corrected chi connectivity index (χ1v) is 8.62. The zero-order valence-electron chi connectivity index (χ0n) is 14.1. The molecule has 1 aliphatic heterocycles. The number of hydrogen-bond acceptors (Lipinski definition) is 5. The van der Waals surface area contributed by atoms with Crippen LogP contribution in [0.1, 0.15) is 17.3 Å². The van der Waals surface area contributed by atoms with Gasteiger partial charge >= 0.3 is 0 Å². The molecule has 0 atom stereocenters. The van der Waals surface area contributed by atoms with Crippen LogP contribution in [0.3, 0.4) is 0 Å². The van der Waals surface area contributed by atoms with Crippen LogP contribution in [0.4, 0.5) is 11.5 Å². The van der Waals surface area contributed by atoms with E-state index in [0.717, 1.165) is 37.7 Å². The van der Waals surface area contributed by atoms with Crippen LogP contribution >= 0.6 is 12.2 Å². The minimum atomic E-state index is 0.0537. The Morgan fingerprint density at radius 1 is 1.08 bits per heavy atom. The summed E-state index contributed by atoms with van der Waals surface area (Å²) in [5.41, 5.74) is 4.76. The van der Waals surface area contributed by atoms with Crippen molar-refractivity contribution in [1.82, 2.24) is 15.4 Å². The number of aromatic nitrogens is 1. The van der Waals surface area contributed by atoms with E-state index in [1.54, 1.807) is 19.1 Å². The predicted octanol–water partition coefficient (Wildman–Crippen LogP) is 2.31. The van der Waals surface area contributed by atoms with E-state index >= 15 is 0 Å². The number of ketones is 1. The van der Waals surface area contributed by atoms with E-state index in [1.165, 1.54) is 0 Å². The summed E-state index contributed by atoms with van der Waals surface area (Å²) in [6.07, 6.45) is 1.82. The van der Waals surface area contributed by atoms with Crippen molar-refractivity contribution in [3.05, 3.63) is 54.2 Å². The van der Waals surface area contributed by atoms with Crippen LogP contribution in [0.25, 0.3) is 0 Å². The molecule has 0 unspecified atom stereocenters. The smallest absolute Gasteiger partial charge is 0.185 e. The molecule has 2 N–H and O–H groups in total. The number of Topliss-reactive ketones (excluding diaryl/α,β-unsaturated/α-hetero) is 1. The van der Waals surface area contributed by atoms with Gasteiger partial charge in [-0.05, 0) is 55.5 Å². The maximum absolute atomic E-state index is 11.3. The highest BCUT2D eigenvalue weighted by atomic mass is 32.1. The highest BCUT2D eigenvalue weighted by molar-refractivity contribution is 7.80. The normalized spacial score (nSPS) is 14.8. The van der Waals surface area contributed by atoms with E-state index in [2.05, 4.69) is 25.6 Å². The fourth-order valence-electron chi connectivity index (χ4n) is 2.68. The van der Waals surface area contributed by atoms with Gasteiger partial charge in [0.25, 0.3) is 0 Å². The number of rotatable bonds is 4. The molecule has 0 saturated carbocycles. The lowest BCUT2D eigenvalue weighted by molar-refractivity contribution is 0.101. The molecule has 0 amide bonds. The lowest BCUT2D eigenvalue weighted by Crippen LogP contribution is -2.54. The van der Waals surface area contributed by atoms with Gasteiger partial charge in [0.2, 0.25) is 0 Å². The van der Waals surface area contributed by atoms with Crippen LogP contribution < -0.4 is 15.6 Å². The number of anilines is 2. The summed E-state index contributed by atoms with van der Waals surface area (Å²) >= 11 is 5.37. The highest BCUT2D eigenvalue weighted by Crippen LogP contribution is 2.12. The molecule has 2 aromatic rings. The first kappa shape index (κ1) is 17.3. The summed E-state index contributed by atoms with van der Waals surface area (Å²) in [4.78, 5) is 17.9. The molecule has 1 aliphatic rings. The van der Waals surface area contributed by atoms with Gasteiger partial charge in [-0.2, -0.15) is 0 Å². The van der Waals surface area contributed by atoms with E-state index in [4.69, 9.17) is 12.2 Å². The Morgan fingerprint density at radius 3 is 2.40 bits per heavy atom. The van der Waals surface area contributed by atoms with Gasteiger partial charge in [0.05, 0.1) is 0 Å². The van der Waals surface area contributed by atoms with Crippen LogP contribution in [-0.2, 0) is 0 Å². The zero-order valence-corrected chi connectivity index (χ0v) is 14.9. The van der Waals surface area contributed by atoms with Crippen LogP contribution in [-0.4, -0.2) is 47.1 Å². The maximum atomic E-state index is 11.3. The lowest BCUT2D eigenvalue weighted by atomic mass is 10.1. The first-order chi connectivity index (χ1) is 12.1. The van der Waals surface area contributed by atoms with Crippen molar-refractivity contribution in [2.75, 3.05) is 36.4 Å². The topological polar surface area (TPSA) is 60.5 Å². The predicted molar refractivity (Wildman–Crippen MR) is 104 cm³/mol. The molecule has 6 nitrogen and oxygen atoms in total. The van der Waals surface area contributed by atoms with Gasteiger partial charge in [-0.3, -0.25) is 10.2 Å². The Labute approximate surface area is 152 Å². The summed E-state index contributed by atoms with van der Waals surface area (Å²) in [5.74, 6) is 1.06. The van der Waals surface area contributed by atoms with Gasteiger partial charge in [-0.15, -0.1) is 0 Å². The van der Waals surface area contributed by atoms with Gasteiger partial charge in [-0.1, -0.05) is 6.07 Å². The van der Waals surface area contributed by atoms with Gasteiger partial charge in [0.1, 0.15) is 5.82 Å². The van der Waals surface area contributed by atoms with Gasteiger partial charge in [-0.25, -0.2) is 9.99 Å². The number of thiocarbonyl (C=S) groups is 1. The number of nitrogens with one attached hydrogen (secondary N) is 2. The van der Waals surface area contributed by atoms with Crippen molar-refractivity contribution in [3.63, 3.8) is 0 Å². The molecule has 2 heterocycles. The van der Waals surface area contributed by atoms with E-state index in [-0.39, 0.29) is 5.78 Å². The monoisotopic (exact) mass is 355 g/mol. The Morgan fingerprint density at radius 2 is 1.80 bits per heavy atom. The summed E-state index contributed by atoms with van der Waals surface area (Å²) in [5, 5.41) is 5.78. The molecule has 0 bridgehead atoms. The van der Waals surface area contributed by atoms with Crippen LogP contribution in [0.5, 0.6) is 0 Å². The lowest BCUT2D eigenvalue weighted by Gasteiger charge is -2.35. The van der Waals surface area contributed by atoms with Crippen molar-refractivity contribution in [2.45, 2.75) is 6.92 Å². The second-order valence-electron chi connectivity index (χ2n) is 5.86. The van der Waals surface area contributed by atoms with Gasteiger partial charge in [0, 0.05) is 43.6 Å². The van der Waals surface area contributed by atoms with Crippen molar-refractivity contribution in [1.29, 1.82) is 0 Å². The van der Waals surface area contributed by atoms with Crippen molar-refractivity contribution in [2.24, 2.45) is 0 Å². The molecule has 0 spiro atoms. The molecular formula is C18H21N5OS. The minimum absolute atomic E-state index is 0.0537. The van der Waals surface area contributed by atoms with Crippen LogP contribution in [0, 0.1) is 0 Å². The van der Waals surface area contributed by atoms with Gasteiger partial charge < -0.3 is 10.2 Å². The van der Waals surface area contributed by atoms with Crippen molar-refractivity contribution in [3.8, 4) is 0 Å². The first-order valence-electron chi connectivity index (χ1n) is 8.21. The average molecular weight is 355 g/mol. The van der Waals surface area contributed by atoms with Crippen molar-refractivity contribution < 1.29 is 4.79 Å². The molecule has 3 rings (SSSR count). The van der Waals surface area contributed by atoms with Crippen LogP contribution in [0.15, 0.2) is 48.7 Å². The standard InChI is InChI=1S/C18H21N5OS/c1-14(24)15-5-7-16(8-6-15)20-18(25)21-23-12-10-22(11-13-23)17-4-2-3-9-19-17/h2-9H,10-13H2,1H3,(H2,20,21,25). The third-order valence-corrected chi connectivity index (χ3v) is 4.26. The number of benzene rings is 1. The van der Waals surface area contributed by atoms with E-state index in [9.17, 15) is 4.79 Å². The number of carbonyl (C=O) groups is 1. The molecule has 1 fully saturated rings. The SMILES string of the molecule is CC(=O)c1ccc(NC(=S)NN2CCN(c3ccccn3)CC2)cc1. The Hall–Kier alpha value is -2.51. The molecule has 130 valence electrons. The van der Waals surface area contributed by atoms with E-state index in [0.29, 0.717) is 10.7 Å². The zero-order chi connectivity index (χ0) is 17.6.